The second-order valence-electron chi connectivity index (χ2n) is 18.9. The molecule has 2 aliphatic rings. The van der Waals surface area contributed by atoms with Gasteiger partial charge in [-0.3, -0.25) is 4.79 Å². The zero-order chi connectivity index (χ0) is 37.6. The summed E-state index contributed by atoms with van der Waals surface area (Å²) in [6, 6.07) is 21.4. The van der Waals surface area contributed by atoms with Gasteiger partial charge in [0, 0.05) is 35.2 Å². The van der Waals surface area contributed by atoms with Gasteiger partial charge < -0.3 is 23.1 Å². The molecule has 1 aliphatic heterocycles. The number of carbonyl (C=O) groups is 2. The van der Waals surface area contributed by atoms with Crippen LogP contribution in [-0.4, -0.2) is 59.9 Å². The van der Waals surface area contributed by atoms with Crippen molar-refractivity contribution >= 4 is 39.1 Å². The van der Waals surface area contributed by atoms with Crippen molar-refractivity contribution in [3.05, 3.63) is 60.7 Å². The molecule has 1 heterocycles. The fourth-order valence-electron chi connectivity index (χ4n) is 8.24. The number of hydrogen-bond acceptors (Lipinski definition) is 6. The molecule has 0 unspecified atom stereocenters. The van der Waals surface area contributed by atoms with Crippen molar-refractivity contribution in [1.29, 1.82) is 0 Å². The molecule has 0 radical (unpaired) electrons. The van der Waals surface area contributed by atoms with Crippen LogP contribution >= 0.6 is 0 Å². The summed E-state index contributed by atoms with van der Waals surface area (Å²) in [5.41, 5.74) is -1.46. The van der Waals surface area contributed by atoms with E-state index in [9.17, 15) is 9.59 Å². The van der Waals surface area contributed by atoms with E-state index >= 15 is 0 Å². The van der Waals surface area contributed by atoms with Crippen molar-refractivity contribution in [3.63, 3.8) is 0 Å². The summed E-state index contributed by atoms with van der Waals surface area (Å²) in [5, 5.41) is 2.20. The molecular formula is C42H66O6Si2. The van der Waals surface area contributed by atoms with Crippen LogP contribution in [0.4, 0.5) is 0 Å². The van der Waals surface area contributed by atoms with Crippen molar-refractivity contribution in [2.75, 3.05) is 13.2 Å². The van der Waals surface area contributed by atoms with Crippen LogP contribution in [-0.2, 0) is 27.9 Å². The number of rotatable bonds is 11. The Bertz CT molecular complexity index is 1420. The van der Waals surface area contributed by atoms with Gasteiger partial charge in [0.05, 0.1) is 18.8 Å². The highest BCUT2D eigenvalue weighted by molar-refractivity contribution is 6.99. The van der Waals surface area contributed by atoms with Gasteiger partial charge in [0.15, 0.2) is 14.1 Å². The lowest BCUT2D eigenvalue weighted by Gasteiger charge is -2.57. The lowest BCUT2D eigenvalue weighted by atomic mass is 9.56. The molecule has 4 rings (SSSR count). The first-order chi connectivity index (χ1) is 22.9. The van der Waals surface area contributed by atoms with Crippen LogP contribution in [0.3, 0.4) is 0 Å². The van der Waals surface area contributed by atoms with Gasteiger partial charge in [0.1, 0.15) is 12.1 Å². The highest BCUT2D eigenvalue weighted by Gasteiger charge is 2.60. The molecule has 2 aromatic carbocycles. The van der Waals surface area contributed by atoms with Crippen molar-refractivity contribution < 1.29 is 27.9 Å². The van der Waals surface area contributed by atoms with E-state index in [4.69, 9.17) is 18.3 Å². The number of ether oxygens (including phenoxy) is 2. The molecule has 0 amide bonds. The SMILES string of the molecule is CC(=O)C(C)(C)[C@H]1COC(C)(C)O[C@@H]1[C@@H]1[C@H](CO[Si](c2ccccc2)(c2ccccc2)C(C)(C)C)[C@@H](O[Si](C)(C)C(C)(C)C)CC[C@@]1(C)C=O. The Labute approximate surface area is 305 Å². The smallest absolute Gasteiger partial charge is 0.261 e. The zero-order valence-corrected chi connectivity index (χ0v) is 35.5. The molecule has 1 saturated heterocycles. The summed E-state index contributed by atoms with van der Waals surface area (Å²) < 4.78 is 28.4. The number of ketones is 1. The first-order valence-electron chi connectivity index (χ1n) is 18.7. The number of Topliss-reactive ketones (excluding diaryl/α,β-unsaturated/α-hetero) is 1. The van der Waals surface area contributed by atoms with Gasteiger partial charge in [-0.05, 0) is 67.2 Å². The lowest BCUT2D eigenvalue weighted by Crippen LogP contribution is -2.68. The van der Waals surface area contributed by atoms with Gasteiger partial charge >= 0.3 is 0 Å². The maximum atomic E-state index is 13.5. The van der Waals surface area contributed by atoms with Crippen LogP contribution in [0.1, 0.15) is 95.9 Å². The molecule has 0 spiro atoms. The van der Waals surface area contributed by atoms with E-state index in [1.807, 2.05) is 27.7 Å². The average Bonchev–Trinajstić information content (AvgIpc) is 3.01. The molecule has 2 fully saturated rings. The molecule has 6 nitrogen and oxygen atoms in total. The van der Waals surface area contributed by atoms with Crippen LogP contribution in [0.2, 0.25) is 23.2 Å². The third kappa shape index (κ3) is 7.86. The van der Waals surface area contributed by atoms with E-state index in [0.29, 0.717) is 19.6 Å². The molecule has 1 saturated carbocycles. The summed E-state index contributed by atoms with van der Waals surface area (Å²) in [4.78, 5) is 26.8. The van der Waals surface area contributed by atoms with Crippen molar-refractivity contribution in [2.24, 2.45) is 28.6 Å². The Morgan fingerprint density at radius 2 is 1.40 bits per heavy atom. The van der Waals surface area contributed by atoms with Crippen molar-refractivity contribution in [3.8, 4) is 0 Å². The van der Waals surface area contributed by atoms with E-state index in [-0.39, 0.29) is 39.7 Å². The quantitative estimate of drug-likeness (QED) is 0.171. The van der Waals surface area contributed by atoms with Crippen LogP contribution in [0.25, 0.3) is 0 Å². The van der Waals surface area contributed by atoms with Gasteiger partial charge in [0.2, 0.25) is 0 Å². The van der Waals surface area contributed by atoms with Gasteiger partial charge in [-0.2, -0.15) is 0 Å². The average molecular weight is 723 g/mol. The number of hydrogen-bond donors (Lipinski definition) is 0. The predicted molar refractivity (Wildman–Crippen MR) is 209 cm³/mol. The fraction of sp³-hybridized carbons (Fsp3) is 0.667. The van der Waals surface area contributed by atoms with Crippen LogP contribution in [0, 0.1) is 28.6 Å². The normalized spacial score (nSPS) is 28.2. The minimum absolute atomic E-state index is 0.00632. The second kappa shape index (κ2) is 14.5. The number of benzene rings is 2. The maximum absolute atomic E-state index is 13.5. The lowest BCUT2D eigenvalue weighted by molar-refractivity contribution is -0.325. The molecule has 1 aliphatic carbocycles. The standard InChI is InChI=1S/C42H66O6Si2/c1-30(44)40(8,9)34-28-45-41(10,11)47-37(34)36-33(35(25-26-42(36,12)29-43)48-49(13,14)38(2,3)4)27-46-50(39(5,6)7,31-21-17-15-18-22-31)32-23-19-16-20-24-32/h15-24,29,33-37H,25-28H2,1-14H3/t33-,34+,35+,36+,37+,42+/m1/s1. The molecule has 278 valence electrons. The molecule has 0 N–H and O–H groups in total. The molecule has 50 heavy (non-hydrogen) atoms. The molecular weight excluding hydrogens is 657 g/mol. The summed E-state index contributed by atoms with van der Waals surface area (Å²) in [7, 11) is -5.21. The molecule has 0 aromatic heterocycles. The van der Waals surface area contributed by atoms with Crippen LogP contribution in [0.5, 0.6) is 0 Å². The Morgan fingerprint density at radius 3 is 1.84 bits per heavy atom. The highest BCUT2D eigenvalue weighted by Crippen LogP contribution is 2.54. The number of aldehydes is 1. The Kier molecular flexibility index (Phi) is 11.8. The maximum Gasteiger partial charge on any atom is 0.261 e. The third-order valence-electron chi connectivity index (χ3n) is 12.7. The van der Waals surface area contributed by atoms with E-state index in [1.54, 1.807) is 6.92 Å². The minimum Gasteiger partial charge on any atom is -0.414 e. The summed E-state index contributed by atoms with van der Waals surface area (Å²) in [6.45, 7) is 30.7. The number of carbonyl (C=O) groups excluding carboxylic acids is 2. The first kappa shape index (κ1) is 40.8. The van der Waals surface area contributed by atoms with Crippen LogP contribution < -0.4 is 10.4 Å². The Balaban J connectivity index is 1.97. The molecule has 8 heteroatoms. The first-order valence-corrected chi connectivity index (χ1v) is 23.5. The largest absolute Gasteiger partial charge is 0.414 e. The third-order valence-corrected chi connectivity index (χ3v) is 22.2. The van der Waals surface area contributed by atoms with E-state index in [2.05, 4.69) is 122 Å². The monoisotopic (exact) mass is 722 g/mol. The Morgan fingerprint density at radius 1 is 0.880 bits per heavy atom. The summed E-state index contributed by atoms with van der Waals surface area (Å²) in [6.07, 6.45) is 1.99. The van der Waals surface area contributed by atoms with E-state index in [1.165, 1.54) is 10.4 Å². The van der Waals surface area contributed by atoms with Gasteiger partial charge in [0.25, 0.3) is 8.32 Å². The van der Waals surface area contributed by atoms with Gasteiger partial charge in [-0.1, -0.05) is 123 Å². The molecule has 6 atom stereocenters. The minimum atomic E-state index is -2.95. The molecule has 2 aromatic rings. The predicted octanol–water partition coefficient (Wildman–Crippen LogP) is 8.57. The molecule has 0 bridgehead atoms. The van der Waals surface area contributed by atoms with Crippen molar-refractivity contribution in [2.45, 2.75) is 137 Å². The Hall–Kier alpha value is -1.95. The van der Waals surface area contributed by atoms with E-state index < -0.39 is 39.4 Å². The topological polar surface area (TPSA) is 71.1 Å². The van der Waals surface area contributed by atoms with E-state index in [0.717, 1.165) is 12.7 Å². The zero-order valence-electron chi connectivity index (χ0n) is 33.5. The van der Waals surface area contributed by atoms with Crippen LogP contribution in [0.15, 0.2) is 60.7 Å². The fourth-order valence-corrected chi connectivity index (χ4v) is 14.2. The van der Waals surface area contributed by atoms with Crippen molar-refractivity contribution in [1.82, 2.24) is 0 Å². The van der Waals surface area contributed by atoms with Gasteiger partial charge in [-0.15, -0.1) is 0 Å². The highest BCUT2D eigenvalue weighted by atomic mass is 28.4. The second-order valence-corrected chi connectivity index (χ2v) is 28.0. The van der Waals surface area contributed by atoms with Gasteiger partial charge in [-0.25, -0.2) is 0 Å². The summed E-state index contributed by atoms with van der Waals surface area (Å²) in [5.74, 6) is -1.53. The summed E-state index contributed by atoms with van der Waals surface area (Å²) >= 11 is 0.